The number of aromatic amines is 1. The first-order valence-corrected chi connectivity index (χ1v) is 9.68. The first kappa shape index (κ1) is 19.8. The smallest absolute Gasteiger partial charge is 0.248 e. The molecular formula is C23H21N7O. The molecule has 8 heteroatoms. The minimum atomic E-state index is -0.231. The Labute approximate surface area is 179 Å². The Hall–Kier alpha value is -4.46. The van der Waals surface area contributed by atoms with Crippen molar-refractivity contribution in [1.29, 1.82) is 0 Å². The van der Waals surface area contributed by atoms with Gasteiger partial charge in [-0.1, -0.05) is 48.5 Å². The highest BCUT2D eigenvalue weighted by atomic mass is 16.1. The maximum absolute atomic E-state index is 12.1. The maximum atomic E-state index is 12.1. The van der Waals surface area contributed by atoms with E-state index in [0.717, 1.165) is 22.4 Å². The van der Waals surface area contributed by atoms with Crippen molar-refractivity contribution in [1.82, 2.24) is 20.6 Å². The fourth-order valence-corrected chi connectivity index (χ4v) is 2.96. The monoisotopic (exact) mass is 411 g/mol. The molecule has 154 valence electrons. The van der Waals surface area contributed by atoms with Crippen LogP contribution in [0.25, 0.3) is 17.5 Å². The summed E-state index contributed by atoms with van der Waals surface area (Å²) in [5.74, 6) is 0.323. The van der Waals surface area contributed by atoms with E-state index in [9.17, 15) is 4.79 Å². The summed E-state index contributed by atoms with van der Waals surface area (Å²) >= 11 is 0. The maximum Gasteiger partial charge on any atom is 0.248 e. The minimum Gasteiger partial charge on any atom is -0.397 e. The van der Waals surface area contributed by atoms with Gasteiger partial charge in [-0.25, -0.2) is 0 Å². The lowest BCUT2D eigenvalue weighted by molar-refractivity contribution is -0.111. The van der Waals surface area contributed by atoms with Gasteiger partial charge in [-0.3, -0.25) is 4.79 Å². The van der Waals surface area contributed by atoms with Crippen LogP contribution in [0.1, 0.15) is 11.1 Å². The number of hydrogen-bond acceptors (Lipinski definition) is 6. The highest BCUT2D eigenvalue weighted by Gasteiger charge is 2.04. The Bertz CT molecular complexity index is 1180. The van der Waals surface area contributed by atoms with E-state index in [1.165, 1.54) is 6.08 Å². The Morgan fingerprint density at radius 3 is 2.65 bits per heavy atom. The highest BCUT2D eigenvalue weighted by molar-refractivity contribution is 6.03. The first-order valence-electron chi connectivity index (χ1n) is 9.68. The molecule has 0 spiro atoms. The average molecular weight is 411 g/mol. The SMILES string of the molecule is Nc1ccccc1NC(=O)C=Cc1ccc(CNc2cccc(-c3nn[nH]n3)c2)cc1. The van der Waals surface area contributed by atoms with Crippen LogP contribution >= 0.6 is 0 Å². The van der Waals surface area contributed by atoms with Crippen LogP contribution in [0.4, 0.5) is 17.1 Å². The molecule has 8 nitrogen and oxygen atoms in total. The number of benzene rings is 3. The van der Waals surface area contributed by atoms with Gasteiger partial charge in [0.25, 0.3) is 0 Å². The van der Waals surface area contributed by atoms with E-state index >= 15 is 0 Å². The van der Waals surface area contributed by atoms with Crippen LogP contribution in [-0.2, 0) is 11.3 Å². The second-order valence-corrected chi connectivity index (χ2v) is 6.82. The van der Waals surface area contributed by atoms with Gasteiger partial charge in [-0.05, 0) is 46.7 Å². The third-order valence-corrected chi connectivity index (χ3v) is 4.59. The van der Waals surface area contributed by atoms with Gasteiger partial charge in [0.05, 0.1) is 11.4 Å². The van der Waals surface area contributed by atoms with Gasteiger partial charge in [0.1, 0.15) is 0 Å². The van der Waals surface area contributed by atoms with Crippen LogP contribution in [0.5, 0.6) is 0 Å². The normalized spacial score (nSPS) is 10.8. The zero-order valence-corrected chi connectivity index (χ0v) is 16.6. The number of tetrazole rings is 1. The van der Waals surface area contributed by atoms with Gasteiger partial charge in [0.2, 0.25) is 11.7 Å². The van der Waals surface area contributed by atoms with Crippen molar-refractivity contribution in [3.8, 4) is 11.4 Å². The van der Waals surface area contributed by atoms with E-state index in [1.807, 2.05) is 60.7 Å². The number of nitrogen functional groups attached to an aromatic ring is 1. The molecule has 31 heavy (non-hydrogen) atoms. The number of carbonyl (C=O) groups is 1. The summed E-state index contributed by atoms with van der Waals surface area (Å²) in [6, 6.07) is 22.9. The van der Waals surface area contributed by atoms with Crippen LogP contribution in [0.3, 0.4) is 0 Å². The third kappa shape index (κ3) is 5.33. The van der Waals surface area contributed by atoms with Crippen molar-refractivity contribution in [2.45, 2.75) is 6.54 Å². The molecule has 5 N–H and O–H groups in total. The Morgan fingerprint density at radius 2 is 1.87 bits per heavy atom. The lowest BCUT2D eigenvalue weighted by atomic mass is 10.1. The molecule has 4 rings (SSSR count). The molecule has 1 amide bonds. The molecule has 0 atom stereocenters. The number of hydrogen-bond donors (Lipinski definition) is 4. The third-order valence-electron chi connectivity index (χ3n) is 4.59. The van der Waals surface area contributed by atoms with Crippen molar-refractivity contribution in [2.24, 2.45) is 0 Å². The number of carbonyl (C=O) groups excluding carboxylic acids is 1. The molecule has 1 aromatic heterocycles. The van der Waals surface area contributed by atoms with Crippen molar-refractivity contribution >= 4 is 29.0 Å². The van der Waals surface area contributed by atoms with E-state index in [1.54, 1.807) is 18.2 Å². The summed E-state index contributed by atoms with van der Waals surface area (Å²) in [6.07, 6.45) is 3.25. The van der Waals surface area contributed by atoms with Crippen LogP contribution < -0.4 is 16.4 Å². The van der Waals surface area contributed by atoms with E-state index in [-0.39, 0.29) is 5.91 Å². The van der Waals surface area contributed by atoms with Crippen LogP contribution in [0.15, 0.2) is 78.9 Å². The molecule has 1 heterocycles. The number of amides is 1. The number of nitrogens with zero attached hydrogens (tertiary/aromatic N) is 3. The zero-order valence-electron chi connectivity index (χ0n) is 16.6. The topological polar surface area (TPSA) is 122 Å². The quantitative estimate of drug-likeness (QED) is 0.272. The van der Waals surface area contributed by atoms with Crippen LogP contribution in [0, 0.1) is 0 Å². The van der Waals surface area contributed by atoms with Gasteiger partial charge in [-0.2, -0.15) is 5.21 Å². The summed E-state index contributed by atoms with van der Waals surface area (Å²) in [7, 11) is 0. The van der Waals surface area contributed by atoms with Gasteiger partial charge < -0.3 is 16.4 Å². The van der Waals surface area contributed by atoms with E-state index in [0.29, 0.717) is 23.7 Å². The molecule has 0 bridgehead atoms. The standard InChI is InChI=1S/C23H21N7O/c24-20-6-1-2-7-21(20)26-22(31)13-12-16-8-10-17(11-9-16)15-25-19-5-3-4-18(14-19)23-27-29-30-28-23/h1-14,25H,15,24H2,(H,26,31)(H,27,28,29,30). The van der Waals surface area contributed by atoms with Crippen LogP contribution in [0.2, 0.25) is 0 Å². The molecule has 0 radical (unpaired) electrons. The lowest BCUT2D eigenvalue weighted by Gasteiger charge is -2.08. The van der Waals surface area contributed by atoms with E-state index in [4.69, 9.17) is 5.73 Å². The lowest BCUT2D eigenvalue weighted by Crippen LogP contribution is -2.09. The average Bonchev–Trinajstić information content (AvgIpc) is 3.34. The number of aromatic nitrogens is 4. The van der Waals surface area contributed by atoms with Crippen molar-refractivity contribution < 1.29 is 4.79 Å². The number of rotatable bonds is 7. The number of nitrogens with one attached hydrogen (secondary N) is 3. The fraction of sp³-hybridized carbons (Fsp3) is 0.0435. The predicted molar refractivity (Wildman–Crippen MR) is 122 cm³/mol. The van der Waals surface area contributed by atoms with Crippen LogP contribution in [-0.4, -0.2) is 26.5 Å². The first-order chi connectivity index (χ1) is 15.2. The zero-order chi connectivity index (χ0) is 21.5. The second kappa shape index (κ2) is 9.36. The number of anilines is 3. The summed E-state index contributed by atoms with van der Waals surface area (Å²) in [4.78, 5) is 12.1. The Morgan fingerprint density at radius 1 is 1.03 bits per heavy atom. The van der Waals surface area contributed by atoms with Crippen molar-refractivity contribution in [2.75, 3.05) is 16.4 Å². The second-order valence-electron chi connectivity index (χ2n) is 6.82. The Kier molecular flexibility index (Phi) is 5.99. The Balaban J connectivity index is 1.32. The molecule has 0 unspecified atom stereocenters. The van der Waals surface area contributed by atoms with Gasteiger partial charge in [0.15, 0.2) is 0 Å². The van der Waals surface area contributed by atoms with Gasteiger partial charge in [-0.15, -0.1) is 10.2 Å². The van der Waals surface area contributed by atoms with E-state index in [2.05, 4.69) is 31.3 Å². The molecule has 0 aliphatic rings. The molecule has 4 aromatic rings. The molecule has 3 aromatic carbocycles. The minimum absolute atomic E-state index is 0.231. The summed E-state index contributed by atoms with van der Waals surface area (Å²) in [6.45, 7) is 0.660. The predicted octanol–water partition coefficient (Wildman–Crippen LogP) is 3.71. The molecule has 0 aliphatic carbocycles. The summed E-state index contributed by atoms with van der Waals surface area (Å²) in [5.41, 5.74) is 10.9. The highest BCUT2D eigenvalue weighted by Crippen LogP contribution is 2.19. The van der Waals surface area contributed by atoms with Gasteiger partial charge >= 0.3 is 0 Å². The van der Waals surface area contributed by atoms with Crippen molar-refractivity contribution in [3.05, 3.63) is 90.0 Å². The summed E-state index contributed by atoms with van der Waals surface area (Å²) in [5, 5.41) is 20.2. The molecule has 0 fully saturated rings. The molecule has 0 saturated heterocycles. The van der Waals surface area contributed by atoms with Crippen molar-refractivity contribution in [3.63, 3.8) is 0 Å². The molecular weight excluding hydrogens is 390 g/mol. The molecule has 0 saturated carbocycles. The number of H-pyrrole nitrogens is 1. The summed E-state index contributed by atoms with van der Waals surface area (Å²) < 4.78 is 0. The fourth-order valence-electron chi connectivity index (χ4n) is 2.96. The number of para-hydroxylation sites is 2. The number of nitrogens with two attached hydrogens (primary N) is 1. The largest absolute Gasteiger partial charge is 0.397 e. The van der Waals surface area contributed by atoms with E-state index < -0.39 is 0 Å². The molecule has 0 aliphatic heterocycles. The van der Waals surface area contributed by atoms with Gasteiger partial charge in [0, 0.05) is 23.9 Å².